The highest BCUT2D eigenvalue weighted by Crippen LogP contribution is 2.34. The third-order valence-corrected chi connectivity index (χ3v) is 4.97. The summed E-state index contributed by atoms with van der Waals surface area (Å²) in [6.45, 7) is 1.76. The van der Waals surface area contributed by atoms with Crippen molar-refractivity contribution >= 4 is 11.6 Å². The van der Waals surface area contributed by atoms with Gasteiger partial charge in [-0.3, -0.25) is 4.79 Å². The molecule has 3 aromatic rings. The van der Waals surface area contributed by atoms with Crippen LogP contribution in [0.4, 0.5) is 13.2 Å². The smallest absolute Gasteiger partial charge is 0.383 e. The number of fused-ring (bicyclic) bond motifs is 1. The van der Waals surface area contributed by atoms with Gasteiger partial charge in [-0.1, -0.05) is 30.3 Å². The molecule has 0 unspecified atom stereocenters. The number of hydrogen-bond acceptors (Lipinski definition) is 4. The fourth-order valence-corrected chi connectivity index (χ4v) is 3.56. The highest BCUT2D eigenvalue weighted by atomic mass is 19.4. The number of nitrogens with zero attached hydrogens (tertiary/aromatic N) is 4. The van der Waals surface area contributed by atoms with Gasteiger partial charge in [0.15, 0.2) is 5.65 Å². The number of alkyl halides is 3. The number of β-amino-alcohol motifs (C(OH)–C–C–N with tert-alkyl or cyclic N) is 1. The molecule has 0 spiro atoms. The summed E-state index contributed by atoms with van der Waals surface area (Å²) in [5.41, 5.74) is -1.52. The van der Waals surface area contributed by atoms with Gasteiger partial charge in [0.05, 0.1) is 12.7 Å². The van der Waals surface area contributed by atoms with E-state index in [1.807, 2.05) is 6.07 Å². The van der Waals surface area contributed by atoms with E-state index in [4.69, 9.17) is 0 Å². The normalized spacial score (nSPS) is 20.1. The van der Waals surface area contributed by atoms with E-state index in [1.54, 1.807) is 24.3 Å². The highest BCUT2D eigenvalue weighted by Gasteiger charge is 2.41. The van der Waals surface area contributed by atoms with E-state index in [0.717, 1.165) is 12.3 Å². The Morgan fingerprint density at radius 2 is 1.96 bits per heavy atom. The van der Waals surface area contributed by atoms with Gasteiger partial charge in [0.2, 0.25) is 0 Å². The van der Waals surface area contributed by atoms with Crippen molar-refractivity contribution in [3.05, 3.63) is 65.1 Å². The lowest BCUT2D eigenvalue weighted by molar-refractivity contribution is -0.142. The minimum Gasteiger partial charge on any atom is -0.383 e. The molecule has 2 aromatic heterocycles. The first-order valence-corrected chi connectivity index (χ1v) is 8.69. The van der Waals surface area contributed by atoms with Crippen molar-refractivity contribution in [3.63, 3.8) is 0 Å². The van der Waals surface area contributed by atoms with Crippen LogP contribution >= 0.6 is 0 Å². The SMILES string of the molecule is Cc1cc(C(F)(F)F)n2ncc(C(=O)N3CC[C@](O)(c4ccccc4)C3)c2n1. The Morgan fingerprint density at radius 1 is 1.25 bits per heavy atom. The van der Waals surface area contributed by atoms with E-state index in [0.29, 0.717) is 16.5 Å². The Hall–Kier alpha value is -2.94. The number of aromatic nitrogens is 3. The van der Waals surface area contributed by atoms with Crippen molar-refractivity contribution in [1.82, 2.24) is 19.5 Å². The van der Waals surface area contributed by atoms with Gasteiger partial charge in [0.1, 0.15) is 16.9 Å². The molecule has 9 heteroatoms. The van der Waals surface area contributed by atoms with Crippen LogP contribution in [0.2, 0.25) is 0 Å². The predicted molar refractivity (Wildman–Crippen MR) is 93.6 cm³/mol. The molecule has 0 bridgehead atoms. The van der Waals surface area contributed by atoms with Gasteiger partial charge in [0.25, 0.3) is 5.91 Å². The number of likely N-dealkylation sites (tertiary alicyclic amines) is 1. The molecule has 146 valence electrons. The molecule has 3 heterocycles. The van der Waals surface area contributed by atoms with Crippen LogP contribution in [0.25, 0.3) is 5.65 Å². The first-order chi connectivity index (χ1) is 13.2. The Kier molecular flexibility index (Phi) is 4.15. The molecule has 6 nitrogen and oxygen atoms in total. The van der Waals surface area contributed by atoms with Crippen LogP contribution in [0.5, 0.6) is 0 Å². The topological polar surface area (TPSA) is 70.7 Å². The molecule has 1 N–H and O–H groups in total. The fourth-order valence-electron chi connectivity index (χ4n) is 3.56. The second-order valence-electron chi connectivity index (χ2n) is 6.95. The van der Waals surface area contributed by atoms with Crippen molar-refractivity contribution in [2.24, 2.45) is 0 Å². The van der Waals surface area contributed by atoms with Gasteiger partial charge in [-0.25, -0.2) is 9.50 Å². The van der Waals surface area contributed by atoms with Gasteiger partial charge in [-0.15, -0.1) is 0 Å². The molecular formula is C19H17F3N4O2. The van der Waals surface area contributed by atoms with E-state index in [-0.39, 0.29) is 30.0 Å². The van der Waals surface area contributed by atoms with E-state index in [2.05, 4.69) is 10.1 Å². The van der Waals surface area contributed by atoms with Gasteiger partial charge in [-0.05, 0) is 25.0 Å². The molecule has 0 aliphatic carbocycles. The zero-order valence-corrected chi connectivity index (χ0v) is 14.9. The lowest BCUT2D eigenvalue weighted by Crippen LogP contribution is -2.34. The van der Waals surface area contributed by atoms with Gasteiger partial charge < -0.3 is 10.0 Å². The number of aryl methyl sites for hydroxylation is 1. The number of benzene rings is 1. The fraction of sp³-hybridized carbons (Fsp3) is 0.316. The van der Waals surface area contributed by atoms with E-state index in [9.17, 15) is 23.1 Å². The third kappa shape index (κ3) is 3.01. The van der Waals surface area contributed by atoms with Crippen molar-refractivity contribution in [3.8, 4) is 0 Å². The molecule has 1 atom stereocenters. The molecule has 1 amide bonds. The van der Waals surface area contributed by atoms with Crippen LogP contribution in [0, 0.1) is 6.92 Å². The van der Waals surface area contributed by atoms with Crippen LogP contribution in [-0.2, 0) is 11.8 Å². The molecule has 0 saturated carbocycles. The van der Waals surface area contributed by atoms with Crippen LogP contribution < -0.4 is 0 Å². The Balaban J connectivity index is 1.68. The van der Waals surface area contributed by atoms with Crippen LogP contribution in [0.1, 0.15) is 33.7 Å². The number of aliphatic hydroxyl groups is 1. The second-order valence-corrected chi connectivity index (χ2v) is 6.95. The molecule has 1 aromatic carbocycles. The number of halogens is 3. The molecular weight excluding hydrogens is 373 g/mol. The Morgan fingerprint density at radius 3 is 2.64 bits per heavy atom. The summed E-state index contributed by atoms with van der Waals surface area (Å²) >= 11 is 0. The van der Waals surface area contributed by atoms with Crippen molar-refractivity contribution < 1.29 is 23.1 Å². The van der Waals surface area contributed by atoms with Gasteiger partial charge in [0, 0.05) is 12.2 Å². The molecule has 0 radical (unpaired) electrons. The zero-order valence-electron chi connectivity index (χ0n) is 14.9. The van der Waals surface area contributed by atoms with Crippen LogP contribution in [0.15, 0.2) is 42.6 Å². The van der Waals surface area contributed by atoms with E-state index < -0.39 is 23.4 Å². The maximum Gasteiger partial charge on any atom is 0.433 e. The van der Waals surface area contributed by atoms with Crippen LogP contribution in [-0.4, -0.2) is 43.6 Å². The first kappa shape index (κ1) is 18.4. The monoisotopic (exact) mass is 390 g/mol. The van der Waals surface area contributed by atoms with Gasteiger partial charge in [-0.2, -0.15) is 18.3 Å². The molecule has 28 heavy (non-hydrogen) atoms. The van der Waals surface area contributed by atoms with Crippen molar-refractivity contribution in [1.29, 1.82) is 0 Å². The summed E-state index contributed by atoms with van der Waals surface area (Å²) in [7, 11) is 0. The third-order valence-electron chi connectivity index (χ3n) is 4.97. The Labute approximate surface area is 158 Å². The molecule has 4 rings (SSSR count). The minimum atomic E-state index is -4.63. The number of hydrogen-bond donors (Lipinski definition) is 1. The summed E-state index contributed by atoms with van der Waals surface area (Å²) in [6.07, 6.45) is -3.19. The summed E-state index contributed by atoms with van der Waals surface area (Å²) in [5.74, 6) is -0.506. The maximum absolute atomic E-state index is 13.3. The number of rotatable bonds is 2. The van der Waals surface area contributed by atoms with E-state index in [1.165, 1.54) is 11.8 Å². The molecule has 1 fully saturated rings. The molecule has 1 aliphatic rings. The average Bonchev–Trinajstić information content (AvgIpc) is 3.25. The second kappa shape index (κ2) is 6.30. The summed E-state index contributed by atoms with van der Waals surface area (Å²) in [5, 5.41) is 14.6. The van der Waals surface area contributed by atoms with Crippen molar-refractivity contribution in [2.45, 2.75) is 25.1 Å². The quantitative estimate of drug-likeness (QED) is 0.731. The Bertz CT molecular complexity index is 1050. The summed E-state index contributed by atoms with van der Waals surface area (Å²) in [4.78, 5) is 18.5. The lowest BCUT2D eigenvalue weighted by Gasteiger charge is -2.23. The first-order valence-electron chi connectivity index (χ1n) is 8.69. The standard InChI is InChI=1S/C19H17F3N4O2/c1-12-9-15(19(20,21)22)26-16(24-12)14(10-23-26)17(27)25-8-7-18(28,11-25)13-5-3-2-4-6-13/h2-6,9-10,28H,7-8,11H2,1H3/t18-/m1/s1. The largest absolute Gasteiger partial charge is 0.433 e. The molecule has 1 saturated heterocycles. The highest BCUT2D eigenvalue weighted by molar-refractivity contribution is 6.00. The van der Waals surface area contributed by atoms with E-state index >= 15 is 0 Å². The van der Waals surface area contributed by atoms with Gasteiger partial charge >= 0.3 is 6.18 Å². The maximum atomic E-state index is 13.3. The zero-order chi connectivity index (χ0) is 20.1. The number of amides is 1. The molecule has 1 aliphatic heterocycles. The van der Waals surface area contributed by atoms with Crippen molar-refractivity contribution in [2.75, 3.05) is 13.1 Å². The predicted octanol–water partition coefficient (Wildman–Crippen LogP) is 2.79. The summed E-state index contributed by atoms with van der Waals surface area (Å²) in [6, 6.07) is 9.88. The lowest BCUT2D eigenvalue weighted by atomic mass is 9.93. The number of carbonyl (C=O) groups excluding carboxylic acids is 1. The minimum absolute atomic E-state index is 0.0217. The number of carbonyl (C=O) groups is 1. The van der Waals surface area contributed by atoms with Crippen LogP contribution in [0.3, 0.4) is 0 Å². The summed E-state index contributed by atoms with van der Waals surface area (Å²) < 4.78 is 40.5. The average molecular weight is 390 g/mol.